The highest BCUT2D eigenvalue weighted by molar-refractivity contribution is 5.95. The molecule has 3 aromatic rings. The van der Waals surface area contributed by atoms with Gasteiger partial charge in [0.15, 0.2) is 0 Å². The second-order valence-electron chi connectivity index (χ2n) is 8.36. The average molecular weight is 437 g/mol. The SMILES string of the molecule is COc1cc(C(=O)NCC2CCN(Cc3ccc(F)cc3)CC2)ccc1-n1cnc(C)c1. The lowest BCUT2D eigenvalue weighted by atomic mass is 9.96. The maximum atomic E-state index is 13.1. The zero-order valence-electron chi connectivity index (χ0n) is 18.6. The van der Waals surface area contributed by atoms with Crippen molar-refractivity contribution in [1.82, 2.24) is 19.8 Å². The molecule has 1 aliphatic heterocycles. The van der Waals surface area contributed by atoms with Crippen molar-refractivity contribution < 1.29 is 13.9 Å². The predicted octanol–water partition coefficient (Wildman–Crippen LogP) is 3.97. The Morgan fingerprint density at radius 2 is 1.94 bits per heavy atom. The average Bonchev–Trinajstić information content (AvgIpc) is 3.25. The molecule has 2 heterocycles. The number of hydrogen-bond acceptors (Lipinski definition) is 4. The molecule has 4 rings (SSSR count). The van der Waals surface area contributed by atoms with Crippen LogP contribution in [0.4, 0.5) is 4.39 Å². The number of halogens is 1. The number of carbonyl (C=O) groups is 1. The van der Waals surface area contributed by atoms with Crippen molar-refractivity contribution in [2.75, 3.05) is 26.7 Å². The van der Waals surface area contributed by atoms with Gasteiger partial charge in [-0.15, -0.1) is 0 Å². The van der Waals surface area contributed by atoms with Gasteiger partial charge in [0.2, 0.25) is 0 Å². The molecule has 168 valence electrons. The summed E-state index contributed by atoms with van der Waals surface area (Å²) in [6, 6.07) is 12.2. The minimum absolute atomic E-state index is 0.0922. The third-order valence-corrected chi connectivity index (χ3v) is 6.01. The molecule has 0 unspecified atom stereocenters. The van der Waals surface area contributed by atoms with Crippen LogP contribution in [0.5, 0.6) is 5.75 Å². The summed E-state index contributed by atoms with van der Waals surface area (Å²) in [6.07, 6.45) is 5.71. The number of hydrogen-bond donors (Lipinski definition) is 1. The van der Waals surface area contributed by atoms with Crippen LogP contribution in [-0.4, -0.2) is 47.1 Å². The van der Waals surface area contributed by atoms with E-state index in [-0.39, 0.29) is 11.7 Å². The fourth-order valence-electron chi connectivity index (χ4n) is 4.12. The Morgan fingerprint density at radius 3 is 2.59 bits per heavy atom. The van der Waals surface area contributed by atoms with E-state index < -0.39 is 0 Å². The lowest BCUT2D eigenvalue weighted by molar-refractivity contribution is 0.0935. The van der Waals surface area contributed by atoms with E-state index in [1.807, 2.05) is 42.0 Å². The number of nitrogens with zero attached hydrogens (tertiary/aromatic N) is 3. The summed E-state index contributed by atoms with van der Waals surface area (Å²) in [5.41, 5.74) is 3.47. The number of carbonyl (C=O) groups excluding carboxylic acids is 1. The van der Waals surface area contributed by atoms with Gasteiger partial charge in [-0.25, -0.2) is 9.37 Å². The molecule has 1 saturated heterocycles. The zero-order chi connectivity index (χ0) is 22.5. The minimum atomic E-state index is -0.202. The van der Waals surface area contributed by atoms with Gasteiger partial charge in [0.05, 0.1) is 24.8 Å². The highest BCUT2D eigenvalue weighted by atomic mass is 19.1. The third-order valence-electron chi connectivity index (χ3n) is 6.01. The van der Waals surface area contributed by atoms with E-state index >= 15 is 0 Å². The second kappa shape index (κ2) is 9.96. The molecule has 0 spiro atoms. The number of likely N-dealkylation sites (tertiary alicyclic amines) is 1. The summed E-state index contributed by atoms with van der Waals surface area (Å²) in [5.74, 6) is 0.792. The highest BCUT2D eigenvalue weighted by Gasteiger charge is 2.20. The predicted molar refractivity (Wildman–Crippen MR) is 122 cm³/mol. The highest BCUT2D eigenvalue weighted by Crippen LogP contribution is 2.25. The molecule has 1 aliphatic rings. The Hall–Kier alpha value is -3.19. The molecule has 0 saturated carbocycles. The molecule has 0 radical (unpaired) electrons. The number of ether oxygens (including phenoxy) is 1. The number of rotatable bonds is 7. The molecule has 2 aromatic carbocycles. The topological polar surface area (TPSA) is 59.4 Å². The van der Waals surface area contributed by atoms with Crippen LogP contribution >= 0.6 is 0 Å². The molecule has 0 atom stereocenters. The van der Waals surface area contributed by atoms with Crippen LogP contribution in [-0.2, 0) is 6.54 Å². The summed E-state index contributed by atoms with van der Waals surface area (Å²) in [5, 5.41) is 3.08. The van der Waals surface area contributed by atoms with E-state index in [4.69, 9.17) is 4.74 Å². The number of methoxy groups -OCH3 is 1. The standard InChI is InChI=1S/C25H29FN4O2/c1-18-15-30(17-28-18)23-8-5-21(13-24(23)32-2)25(31)27-14-19-9-11-29(12-10-19)16-20-3-6-22(26)7-4-20/h3-8,13,15,17,19H,9-12,14,16H2,1-2H3,(H,27,31). The number of amides is 1. The Morgan fingerprint density at radius 1 is 1.19 bits per heavy atom. The Balaban J connectivity index is 1.28. The van der Waals surface area contributed by atoms with Gasteiger partial charge in [-0.2, -0.15) is 0 Å². The first-order valence-corrected chi connectivity index (χ1v) is 11.0. The largest absolute Gasteiger partial charge is 0.495 e. The van der Waals surface area contributed by atoms with Crippen LogP contribution in [0.2, 0.25) is 0 Å². The minimum Gasteiger partial charge on any atom is -0.495 e. The number of aromatic nitrogens is 2. The molecule has 1 N–H and O–H groups in total. The fourth-order valence-corrected chi connectivity index (χ4v) is 4.12. The summed E-state index contributed by atoms with van der Waals surface area (Å²) < 4.78 is 20.5. The first kappa shape index (κ1) is 22.0. The summed E-state index contributed by atoms with van der Waals surface area (Å²) >= 11 is 0. The molecule has 1 fully saturated rings. The number of benzene rings is 2. The van der Waals surface area contributed by atoms with Crippen LogP contribution in [0.3, 0.4) is 0 Å². The number of imidazole rings is 1. The molecule has 1 amide bonds. The van der Waals surface area contributed by atoms with Crippen molar-refractivity contribution in [2.45, 2.75) is 26.3 Å². The van der Waals surface area contributed by atoms with Crippen molar-refractivity contribution >= 4 is 5.91 Å². The van der Waals surface area contributed by atoms with Crippen molar-refractivity contribution in [1.29, 1.82) is 0 Å². The lowest BCUT2D eigenvalue weighted by Gasteiger charge is -2.32. The van der Waals surface area contributed by atoms with Gasteiger partial charge in [0.25, 0.3) is 5.91 Å². The Bertz CT molecular complexity index is 1060. The van der Waals surface area contributed by atoms with Crippen LogP contribution in [0.1, 0.15) is 34.5 Å². The smallest absolute Gasteiger partial charge is 0.251 e. The molecule has 6 nitrogen and oxygen atoms in total. The van der Waals surface area contributed by atoms with Crippen molar-refractivity contribution in [2.24, 2.45) is 5.92 Å². The number of nitrogens with one attached hydrogen (secondary N) is 1. The van der Waals surface area contributed by atoms with E-state index in [0.29, 0.717) is 23.8 Å². The lowest BCUT2D eigenvalue weighted by Crippen LogP contribution is -2.38. The molecular weight excluding hydrogens is 407 g/mol. The Labute approximate surface area is 188 Å². The van der Waals surface area contributed by atoms with Gasteiger partial charge in [0.1, 0.15) is 11.6 Å². The van der Waals surface area contributed by atoms with E-state index in [0.717, 1.165) is 49.4 Å². The third kappa shape index (κ3) is 5.34. The van der Waals surface area contributed by atoms with Gasteiger partial charge in [-0.3, -0.25) is 9.69 Å². The molecule has 0 bridgehead atoms. The van der Waals surface area contributed by atoms with Crippen LogP contribution in [0.15, 0.2) is 55.0 Å². The van der Waals surface area contributed by atoms with Crippen LogP contribution < -0.4 is 10.1 Å². The van der Waals surface area contributed by atoms with Crippen LogP contribution in [0, 0.1) is 18.7 Å². The van der Waals surface area contributed by atoms with Crippen molar-refractivity contribution in [3.8, 4) is 11.4 Å². The van der Waals surface area contributed by atoms with E-state index in [1.165, 1.54) is 12.1 Å². The van der Waals surface area contributed by atoms with Crippen LogP contribution in [0.25, 0.3) is 5.69 Å². The maximum Gasteiger partial charge on any atom is 0.251 e. The monoisotopic (exact) mass is 436 g/mol. The summed E-state index contributed by atoms with van der Waals surface area (Å²) in [6.45, 7) is 5.38. The molecule has 32 heavy (non-hydrogen) atoms. The van der Waals surface area contributed by atoms with E-state index in [1.54, 1.807) is 19.5 Å². The summed E-state index contributed by atoms with van der Waals surface area (Å²) in [7, 11) is 1.60. The van der Waals surface area contributed by atoms with Gasteiger partial charge >= 0.3 is 0 Å². The van der Waals surface area contributed by atoms with Gasteiger partial charge < -0.3 is 14.6 Å². The number of aryl methyl sites for hydroxylation is 1. The first-order valence-electron chi connectivity index (χ1n) is 11.0. The van der Waals surface area contributed by atoms with E-state index in [9.17, 15) is 9.18 Å². The second-order valence-corrected chi connectivity index (χ2v) is 8.36. The van der Waals surface area contributed by atoms with Gasteiger partial charge in [-0.05, 0) is 74.7 Å². The van der Waals surface area contributed by atoms with Crippen molar-refractivity contribution in [3.63, 3.8) is 0 Å². The van der Waals surface area contributed by atoms with Gasteiger partial charge in [-0.1, -0.05) is 12.1 Å². The Kier molecular flexibility index (Phi) is 6.85. The van der Waals surface area contributed by atoms with Gasteiger partial charge in [0, 0.05) is 24.8 Å². The van der Waals surface area contributed by atoms with E-state index in [2.05, 4.69) is 15.2 Å². The quantitative estimate of drug-likeness (QED) is 0.609. The van der Waals surface area contributed by atoms with Crippen molar-refractivity contribution in [3.05, 3.63) is 77.6 Å². The molecule has 0 aliphatic carbocycles. The first-order chi connectivity index (χ1) is 15.5. The zero-order valence-corrected chi connectivity index (χ0v) is 18.6. The summed E-state index contributed by atoms with van der Waals surface area (Å²) in [4.78, 5) is 19.3. The number of piperidine rings is 1. The molecule has 7 heteroatoms. The maximum absolute atomic E-state index is 13.1. The fraction of sp³-hybridized carbons (Fsp3) is 0.360. The normalized spacial score (nSPS) is 15.0. The molecule has 1 aromatic heterocycles. The molecular formula is C25H29FN4O2.